The summed E-state index contributed by atoms with van der Waals surface area (Å²) in [6.07, 6.45) is 0. The maximum atomic E-state index is 12.5. The first-order valence-electron chi connectivity index (χ1n) is 8.82. The normalized spacial score (nSPS) is 10.9. The van der Waals surface area contributed by atoms with Gasteiger partial charge in [-0.05, 0) is 23.1 Å². The van der Waals surface area contributed by atoms with Gasteiger partial charge in [0.1, 0.15) is 5.56 Å². The summed E-state index contributed by atoms with van der Waals surface area (Å²) in [5, 5.41) is 0. The Morgan fingerprint density at radius 3 is 1.93 bits per heavy atom. The first-order valence-corrected chi connectivity index (χ1v) is 8.82. The van der Waals surface area contributed by atoms with E-state index in [1.807, 2.05) is 12.1 Å². The standard InChI is InChI=1S/C22H26O6/c1-22(2,3)15-9-7-14(8-10-15)17(23)13-28-21(24)16-11-12-18(25-4)20(27-6)19(16)26-5/h7-12H,13H2,1-6H3. The third-order valence-electron chi connectivity index (χ3n) is 4.33. The molecule has 0 aliphatic carbocycles. The fourth-order valence-electron chi connectivity index (χ4n) is 2.71. The van der Waals surface area contributed by atoms with Gasteiger partial charge in [0.25, 0.3) is 0 Å². The van der Waals surface area contributed by atoms with Crippen LogP contribution in [-0.4, -0.2) is 39.7 Å². The van der Waals surface area contributed by atoms with Gasteiger partial charge in [-0.1, -0.05) is 45.0 Å². The molecule has 150 valence electrons. The highest BCUT2D eigenvalue weighted by Crippen LogP contribution is 2.39. The number of Topliss-reactive ketones (excluding diaryl/α,β-unsaturated/α-hetero) is 1. The number of hydrogen-bond acceptors (Lipinski definition) is 6. The van der Waals surface area contributed by atoms with Crippen molar-refractivity contribution < 1.29 is 28.5 Å². The van der Waals surface area contributed by atoms with Gasteiger partial charge in [-0.3, -0.25) is 4.79 Å². The molecule has 0 aliphatic rings. The lowest BCUT2D eigenvalue weighted by molar-refractivity contribution is 0.0471. The summed E-state index contributed by atoms with van der Waals surface area (Å²) >= 11 is 0. The molecule has 2 rings (SSSR count). The molecule has 6 heteroatoms. The lowest BCUT2D eigenvalue weighted by Gasteiger charge is -2.19. The van der Waals surface area contributed by atoms with Gasteiger partial charge in [-0.25, -0.2) is 4.79 Å². The molecule has 0 N–H and O–H groups in total. The Hall–Kier alpha value is -3.02. The summed E-state index contributed by atoms with van der Waals surface area (Å²) in [6, 6.07) is 10.4. The number of methoxy groups -OCH3 is 3. The molecule has 0 unspecified atom stereocenters. The van der Waals surface area contributed by atoms with Crippen LogP contribution in [0.4, 0.5) is 0 Å². The molecular weight excluding hydrogens is 360 g/mol. The monoisotopic (exact) mass is 386 g/mol. The number of rotatable bonds is 7. The molecule has 0 amide bonds. The zero-order chi connectivity index (χ0) is 20.9. The third-order valence-corrected chi connectivity index (χ3v) is 4.33. The first kappa shape index (κ1) is 21.3. The lowest BCUT2D eigenvalue weighted by atomic mass is 9.86. The van der Waals surface area contributed by atoms with Gasteiger partial charge in [0.2, 0.25) is 5.75 Å². The number of hydrogen-bond donors (Lipinski definition) is 0. The van der Waals surface area contributed by atoms with E-state index in [4.69, 9.17) is 18.9 Å². The average Bonchev–Trinajstić information content (AvgIpc) is 2.69. The molecule has 6 nitrogen and oxygen atoms in total. The van der Waals surface area contributed by atoms with Gasteiger partial charge >= 0.3 is 5.97 Å². The van der Waals surface area contributed by atoms with E-state index in [0.717, 1.165) is 5.56 Å². The third kappa shape index (κ3) is 4.63. The van der Waals surface area contributed by atoms with E-state index in [9.17, 15) is 9.59 Å². The second kappa shape index (κ2) is 8.78. The van der Waals surface area contributed by atoms with Gasteiger partial charge in [-0.2, -0.15) is 0 Å². The van der Waals surface area contributed by atoms with Crippen LogP contribution >= 0.6 is 0 Å². The van der Waals surface area contributed by atoms with Crippen LogP contribution in [0.2, 0.25) is 0 Å². The number of ether oxygens (including phenoxy) is 4. The van der Waals surface area contributed by atoms with Crippen molar-refractivity contribution in [2.24, 2.45) is 0 Å². The molecule has 0 heterocycles. The van der Waals surface area contributed by atoms with E-state index >= 15 is 0 Å². The predicted molar refractivity (Wildman–Crippen MR) is 106 cm³/mol. The van der Waals surface area contributed by atoms with E-state index < -0.39 is 5.97 Å². The first-order chi connectivity index (χ1) is 13.2. The van der Waals surface area contributed by atoms with Crippen molar-refractivity contribution in [1.29, 1.82) is 0 Å². The molecular formula is C22H26O6. The van der Waals surface area contributed by atoms with Crippen molar-refractivity contribution >= 4 is 11.8 Å². The Labute approximate surface area is 165 Å². The van der Waals surface area contributed by atoms with Crippen molar-refractivity contribution in [1.82, 2.24) is 0 Å². The minimum Gasteiger partial charge on any atom is -0.493 e. The van der Waals surface area contributed by atoms with Gasteiger partial charge in [0.05, 0.1) is 21.3 Å². The number of benzene rings is 2. The summed E-state index contributed by atoms with van der Waals surface area (Å²) in [7, 11) is 4.34. The number of ketones is 1. The molecule has 0 aliphatic heterocycles. The molecule has 0 saturated heterocycles. The minimum atomic E-state index is -0.683. The smallest absolute Gasteiger partial charge is 0.342 e. The highest BCUT2D eigenvalue weighted by atomic mass is 16.5. The summed E-state index contributed by atoms with van der Waals surface area (Å²) in [6.45, 7) is 5.93. The predicted octanol–water partition coefficient (Wildman–Crippen LogP) is 4.05. The van der Waals surface area contributed by atoms with Crippen molar-refractivity contribution in [2.45, 2.75) is 26.2 Å². The number of carbonyl (C=O) groups is 2. The van der Waals surface area contributed by atoms with Crippen LogP contribution in [0, 0.1) is 0 Å². The molecule has 28 heavy (non-hydrogen) atoms. The van der Waals surface area contributed by atoms with E-state index in [1.54, 1.807) is 18.2 Å². The molecule has 2 aromatic rings. The number of esters is 1. The molecule has 0 spiro atoms. The van der Waals surface area contributed by atoms with Gasteiger partial charge in [0, 0.05) is 5.56 Å². The zero-order valence-electron chi connectivity index (χ0n) is 17.1. The van der Waals surface area contributed by atoms with E-state index in [1.165, 1.54) is 27.4 Å². The Kier molecular flexibility index (Phi) is 6.67. The van der Waals surface area contributed by atoms with Crippen molar-refractivity contribution in [2.75, 3.05) is 27.9 Å². The Morgan fingerprint density at radius 1 is 0.821 bits per heavy atom. The molecule has 0 atom stereocenters. The summed E-state index contributed by atoms with van der Waals surface area (Å²) in [5.41, 5.74) is 1.75. The molecule has 0 bridgehead atoms. The molecule has 0 aromatic heterocycles. The summed E-state index contributed by atoms with van der Waals surface area (Å²) in [5.74, 6) is -0.0750. The summed E-state index contributed by atoms with van der Waals surface area (Å²) in [4.78, 5) is 24.8. The fourth-order valence-corrected chi connectivity index (χ4v) is 2.71. The molecule has 0 radical (unpaired) electrons. The second-order valence-corrected chi connectivity index (χ2v) is 7.21. The van der Waals surface area contributed by atoms with Crippen LogP contribution in [0.5, 0.6) is 17.2 Å². The molecule has 2 aromatic carbocycles. The zero-order valence-corrected chi connectivity index (χ0v) is 17.1. The molecule has 0 fully saturated rings. The Bertz CT molecular complexity index is 847. The number of carbonyl (C=O) groups excluding carboxylic acids is 2. The maximum absolute atomic E-state index is 12.5. The minimum absolute atomic E-state index is 0.00197. The topological polar surface area (TPSA) is 71.1 Å². The van der Waals surface area contributed by atoms with Crippen molar-refractivity contribution in [3.8, 4) is 17.2 Å². The highest BCUT2D eigenvalue weighted by molar-refractivity contribution is 6.00. The van der Waals surface area contributed by atoms with Crippen molar-refractivity contribution in [3.63, 3.8) is 0 Å². The average molecular weight is 386 g/mol. The van der Waals surface area contributed by atoms with E-state index in [0.29, 0.717) is 11.3 Å². The SMILES string of the molecule is COc1ccc(C(=O)OCC(=O)c2ccc(C(C)(C)C)cc2)c(OC)c1OC. The van der Waals surface area contributed by atoms with Crippen LogP contribution in [0.15, 0.2) is 36.4 Å². The van der Waals surface area contributed by atoms with Crippen LogP contribution in [0.1, 0.15) is 47.1 Å². The van der Waals surface area contributed by atoms with E-state index in [2.05, 4.69) is 20.8 Å². The second-order valence-electron chi connectivity index (χ2n) is 7.21. The van der Waals surface area contributed by atoms with Crippen molar-refractivity contribution in [3.05, 3.63) is 53.1 Å². The van der Waals surface area contributed by atoms with Crippen LogP contribution in [0.25, 0.3) is 0 Å². The Morgan fingerprint density at radius 2 is 1.43 bits per heavy atom. The lowest BCUT2D eigenvalue weighted by Crippen LogP contribution is -2.16. The summed E-state index contributed by atoms with van der Waals surface area (Å²) < 4.78 is 20.9. The molecule has 0 saturated carbocycles. The maximum Gasteiger partial charge on any atom is 0.342 e. The van der Waals surface area contributed by atoms with Crippen LogP contribution in [0.3, 0.4) is 0 Å². The highest BCUT2D eigenvalue weighted by Gasteiger charge is 2.22. The van der Waals surface area contributed by atoms with Gasteiger partial charge in [-0.15, -0.1) is 0 Å². The largest absolute Gasteiger partial charge is 0.493 e. The van der Waals surface area contributed by atoms with E-state index in [-0.39, 0.29) is 34.9 Å². The fraction of sp³-hybridized carbons (Fsp3) is 0.364. The van der Waals surface area contributed by atoms with Gasteiger partial charge in [0.15, 0.2) is 23.9 Å². The van der Waals surface area contributed by atoms with Crippen LogP contribution in [-0.2, 0) is 10.2 Å². The quantitative estimate of drug-likeness (QED) is 0.528. The Balaban J connectivity index is 2.12. The van der Waals surface area contributed by atoms with Gasteiger partial charge < -0.3 is 18.9 Å². The van der Waals surface area contributed by atoms with Crippen LogP contribution < -0.4 is 14.2 Å².